The lowest BCUT2D eigenvalue weighted by atomic mass is 10.0. The molecule has 0 saturated heterocycles. The average molecular weight is 479 g/mol. The highest BCUT2D eigenvalue weighted by atomic mass is 35.5. The molecule has 0 amide bonds. The predicted molar refractivity (Wildman–Crippen MR) is 126 cm³/mol. The minimum absolute atomic E-state index is 0.0277. The number of fused-ring (bicyclic) bond motifs is 1. The molecule has 0 fully saturated rings. The van der Waals surface area contributed by atoms with E-state index in [9.17, 15) is 14.4 Å². The van der Waals surface area contributed by atoms with E-state index < -0.39 is 18.5 Å². The summed E-state index contributed by atoms with van der Waals surface area (Å²) in [5.74, 6) is -1.78. The fraction of sp³-hybridized carbons (Fsp3) is 0.0385. The van der Waals surface area contributed by atoms with Crippen molar-refractivity contribution in [3.63, 3.8) is 0 Å². The van der Waals surface area contributed by atoms with Crippen LogP contribution in [0.3, 0.4) is 0 Å². The molecule has 4 aromatic rings. The molecule has 0 aromatic heterocycles. The van der Waals surface area contributed by atoms with Crippen LogP contribution in [0.1, 0.15) is 31.1 Å². The summed E-state index contributed by atoms with van der Waals surface area (Å²) in [5.41, 5.74) is 0.657. The SMILES string of the molecule is O=C(COC(=O)c1ccc2ccccc2c1OC(=O)c1ccc(Cl)cc1)c1ccc(Cl)cc1. The Kier molecular flexibility index (Phi) is 6.73. The molecule has 0 unspecified atom stereocenters. The Labute approximate surface area is 199 Å². The number of Topliss-reactive ketones (excluding diaryl/α,β-unsaturated/α-hetero) is 1. The van der Waals surface area contributed by atoms with Gasteiger partial charge in [-0.1, -0.05) is 53.5 Å². The first kappa shape index (κ1) is 22.5. The van der Waals surface area contributed by atoms with Crippen LogP contribution in [0.15, 0.2) is 84.9 Å². The first-order chi connectivity index (χ1) is 15.9. The molecule has 0 aliphatic heterocycles. The van der Waals surface area contributed by atoms with Crippen molar-refractivity contribution in [1.29, 1.82) is 0 Å². The van der Waals surface area contributed by atoms with Crippen molar-refractivity contribution in [1.82, 2.24) is 0 Å². The van der Waals surface area contributed by atoms with Gasteiger partial charge in [-0.25, -0.2) is 9.59 Å². The Bertz CT molecular complexity index is 1350. The lowest BCUT2D eigenvalue weighted by Crippen LogP contribution is -2.17. The third-order valence-electron chi connectivity index (χ3n) is 4.87. The number of hydrogen-bond donors (Lipinski definition) is 0. The van der Waals surface area contributed by atoms with Gasteiger partial charge in [0.05, 0.1) is 5.56 Å². The maximum Gasteiger partial charge on any atom is 0.343 e. The molecule has 4 aromatic carbocycles. The summed E-state index contributed by atoms with van der Waals surface area (Å²) in [7, 11) is 0. The zero-order valence-corrected chi connectivity index (χ0v) is 18.6. The fourth-order valence-electron chi connectivity index (χ4n) is 3.18. The van der Waals surface area contributed by atoms with Crippen LogP contribution >= 0.6 is 23.2 Å². The lowest BCUT2D eigenvalue weighted by molar-refractivity contribution is 0.0470. The van der Waals surface area contributed by atoms with Gasteiger partial charge in [0.25, 0.3) is 0 Å². The Morgan fingerprint density at radius 3 is 1.94 bits per heavy atom. The van der Waals surface area contributed by atoms with Crippen molar-refractivity contribution in [3.05, 3.63) is 112 Å². The Morgan fingerprint density at radius 2 is 1.27 bits per heavy atom. The van der Waals surface area contributed by atoms with E-state index in [1.807, 2.05) is 12.1 Å². The van der Waals surface area contributed by atoms with Gasteiger partial charge in [0.1, 0.15) is 5.56 Å². The van der Waals surface area contributed by atoms with E-state index in [0.29, 0.717) is 21.0 Å². The number of carbonyl (C=O) groups is 3. The van der Waals surface area contributed by atoms with Crippen molar-refractivity contribution in [2.24, 2.45) is 0 Å². The van der Waals surface area contributed by atoms with Crippen LogP contribution in [-0.2, 0) is 4.74 Å². The fourth-order valence-corrected chi connectivity index (χ4v) is 3.43. The summed E-state index contributed by atoms with van der Waals surface area (Å²) in [4.78, 5) is 38.0. The van der Waals surface area contributed by atoms with E-state index in [0.717, 1.165) is 5.39 Å². The highest BCUT2D eigenvalue weighted by Crippen LogP contribution is 2.31. The Morgan fingerprint density at radius 1 is 0.667 bits per heavy atom. The van der Waals surface area contributed by atoms with Crippen LogP contribution in [0.25, 0.3) is 10.8 Å². The molecule has 164 valence electrons. The van der Waals surface area contributed by atoms with Crippen LogP contribution < -0.4 is 4.74 Å². The monoisotopic (exact) mass is 478 g/mol. The molecule has 0 spiro atoms. The van der Waals surface area contributed by atoms with Gasteiger partial charge in [0.2, 0.25) is 0 Å². The maximum atomic E-state index is 12.9. The van der Waals surface area contributed by atoms with Crippen LogP contribution in [0.4, 0.5) is 0 Å². The molecular formula is C26H16Cl2O5. The van der Waals surface area contributed by atoms with Crippen LogP contribution in [0.2, 0.25) is 10.0 Å². The summed E-state index contributed by atoms with van der Waals surface area (Å²) < 4.78 is 10.9. The first-order valence-corrected chi connectivity index (χ1v) is 10.6. The number of halogens is 2. The van der Waals surface area contributed by atoms with Crippen LogP contribution in [-0.4, -0.2) is 24.3 Å². The molecule has 5 nitrogen and oxygen atoms in total. The largest absolute Gasteiger partial charge is 0.454 e. The highest BCUT2D eigenvalue weighted by Gasteiger charge is 2.21. The molecule has 0 saturated carbocycles. The number of ketones is 1. The zero-order valence-electron chi connectivity index (χ0n) is 17.1. The van der Waals surface area contributed by atoms with Gasteiger partial charge < -0.3 is 9.47 Å². The smallest absolute Gasteiger partial charge is 0.343 e. The average Bonchev–Trinajstić information content (AvgIpc) is 2.83. The van der Waals surface area contributed by atoms with Gasteiger partial charge >= 0.3 is 11.9 Å². The standard InChI is InChI=1S/C26H16Cl2O5/c27-19-10-5-17(6-11-19)23(29)15-32-26(31)22-14-9-16-3-1-2-4-21(16)24(22)33-25(30)18-7-12-20(28)13-8-18/h1-14H,15H2. The molecule has 0 aliphatic carbocycles. The minimum atomic E-state index is -0.790. The number of carbonyl (C=O) groups excluding carboxylic acids is 3. The summed E-state index contributed by atoms with van der Waals surface area (Å²) in [5, 5.41) is 2.29. The van der Waals surface area contributed by atoms with Gasteiger partial charge in [0.15, 0.2) is 18.1 Å². The van der Waals surface area contributed by atoms with Crippen molar-refractivity contribution in [2.45, 2.75) is 0 Å². The van der Waals surface area contributed by atoms with Gasteiger partial charge in [0, 0.05) is 21.0 Å². The van der Waals surface area contributed by atoms with E-state index in [-0.39, 0.29) is 22.7 Å². The molecule has 33 heavy (non-hydrogen) atoms. The molecular weight excluding hydrogens is 463 g/mol. The second kappa shape index (κ2) is 9.86. The van der Waals surface area contributed by atoms with Gasteiger partial charge in [-0.05, 0) is 60.0 Å². The van der Waals surface area contributed by atoms with Gasteiger partial charge in [-0.3, -0.25) is 4.79 Å². The molecule has 0 N–H and O–H groups in total. The minimum Gasteiger partial charge on any atom is -0.454 e. The van der Waals surface area contributed by atoms with Crippen LogP contribution in [0, 0.1) is 0 Å². The van der Waals surface area contributed by atoms with Gasteiger partial charge in [-0.2, -0.15) is 0 Å². The maximum absolute atomic E-state index is 12.9. The number of benzene rings is 4. The molecule has 4 rings (SSSR count). The topological polar surface area (TPSA) is 69.7 Å². The Balaban J connectivity index is 1.60. The van der Waals surface area contributed by atoms with Crippen molar-refractivity contribution < 1.29 is 23.9 Å². The third kappa shape index (κ3) is 5.22. The van der Waals surface area contributed by atoms with E-state index in [4.69, 9.17) is 32.7 Å². The second-order valence-corrected chi connectivity index (χ2v) is 7.94. The quantitative estimate of drug-likeness (QED) is 0.182. The predicted octanol–water partition coefficient (Wildman–Crippen LogP) is 6.41. The molecule has 0 bridgehead atoms. The van der Waals surface area contributed by atoms with E-state index >= 15 is 0 Å². The molecule has 0 aliphatic rings. The summed E-state index contributed by atoms with van der Waals surface area (Å²) in [6, 6.07) is 22.8. The van der Waals surface area contributed by atoms with Crippen molar-refractivity contribution in [2.75, 3.05) is 6.61 Å². The number of ether oxygens (including phenoxy) is 2. The summed E-state index contributed by atoms with van der Waals surface area (Å²) in [6.45, 7) is -0.474. The van der Waals surface area contributed by atoms with Crippen molar-refractivity contribution >= 4 is 51.7 Å². The number of hydrogen-bond acceptors (Lipinski definition) is 5. The number of esters is 2. The van der Waals surface area contributed by atoms with E-state index in [1.165, 1.54) is 18.2 Å². The first-order valence-electron chi connectivity index (χ1n) is 9.88. The number of rotatable bonds is 6. The normalized spacial score (nSPS) is 10.6. The van der Waals surface area contributed by atoms with Crippen molar-refractivity contribution in [3.8, 4) is 5.75 Å². The summed E-state index contributed by atoms with van der Waals surface area (Å²) in [6.07, 6.45) is 0. The molecule has 0 atom stereocenters. The van der Waals surface area contributed by atoms with Gasteiger partial charge in [-0.15, -0.1) is 0 Å². The molecule has 0 heterocycles. The van der Waals surface area contributed by atoms with E-state index in [1.54, 1.807) is 54.6 Å². The van der Waals surface area contributed by atoms with E-state index in [2.05, 4.69) is 0 Å². The lowest BCUT2D eigenvalue weighted by Gasteiger charge is -2.13. The Hall–Kier alpha value is -3.67. The summed E-state index contributed by atoms with van der Waals surface area (Å²) >= 11 is 11.7. The third-order valence-corrected chi connectivity index (χ3v) is 5.38. The molecule has 0 radical (unpaired) electrons. The zero-order chi connectivity index (χ0) is 23.4. The second-order valence-electron chi connectivity index (χ2n) is 7.07. The van der Waals surface area contributed by atoms with Crippen LogP contribution in [0.5, 0.6) is 5.75 Å². The highest BCUT2D eigenvalue weighted by molar-refractivity contribution is 6.31. The molecule has 7 heteroatoms.